The molecule has 0 aliphatic heterocycles. The summed E-state index contributed by atoms with van der Waals surface area (Å²) in [4.78, 5) is 11.8. The Hall–Kier alpha value is -1.54. The predicted octanol–water partition coefficient (Wildman–Crippen LogP) is 3.14. The number of hydrogen-bond acceptors (Lipinski definition) is 2. The molecule has 68 valence electrons. The van der Waals surface area contributed by atoms with Crippen molar-refractivity contribution < 1.29 is 9.21 Å². The molecule has 0 N–H and O–H groups in total. The van der Waals surface area contributed by atoms with Crippen LogP contribution in [0.2, 0.25) is 5.02 Å². The molecule has 0 amide bonds. The summed E-state index contributed by atoms with van der Waals surface area (Å²) in [5, 5.41) is 0.583. The Morgan fingerprint density at radius 1 is 1.00 bits per heavy atom. The Kier molecular flexibility index (Phi) is 1.39. The smallest absolute Gasteiger partial charge is 0.197 e. The summed E-state index contributed by atoms with van der Waals surface area (Å²) in [6.07, 6.45) is 3.07. The molecule has 3 heteroatoms. The maximum atomic E-state index is 11.8. The van der Waals surface area contributed by atoms with Crippen molar-refractivity contribution in [3.8, 4) is 11.1 Å². The topological polar surface area (TPSA) is 30.2 Å². The zero-order chi connectivity index (χ0) is 9.71. The molecule has 14 heavy (non-hydrogen) atoms. The van der Waals surface area contributed by atoms with E-state index >= 15 is 0 Å². The van der Waals surface area contributed by atoms with Crippen molar-refractivity contribution in [2.75, 3.05) is 0 Å². The molecule has 0 saturated carbocycles. The van der Waals surface area contributed by atoms with Gasteiger partial charge in [-0.15, -0.1) is 0 Å². The number of halogens is 1. The van der Waals surface area contributed by atoms with E-state index in [1.807, 2.05) is 6.07 Å². The van der Waals surface area contributed by atoms with Gasteiger partial charge in [0.1, 0.15) is 6.26 Å². The van der Waals surface area contributed by atoms with Crippen LogP contribution in [-0.4, -0.2) is 5.78 Å². The Morgan fingerprint density at radius 2 is 1.79 bits per heavy atom. The highest BCUT2D eigenvalue weighted by Crippen LogP contribution is 2.38. The van der Waals surface area contributed by atoms with Crippen molar-refractivity contribution in [2.24, 2.45) is 0 Å². The molecule has 1 aliphatic rings. The van der Waals surface area contributed by atoms with Crippen molar-refractivity contribution >= 4 is 17.4 Å². The van der Waals surface area contributed by atoms with Gasteiger partial charge in [0.2, 0.25) is 0 Å². The molecule has 0 saturated heterocycles. The van der Waals surface area contributed by atoms with E-state index in [9.17, 15) is 4.79 Å². The summed E-state index contributed by atoms with van der Waals surface area (Å²) in [7, 11) is 0. The van der Waals surface area contributed by atoms with Crippen molar-refractivity contribution in [2.45, 2.75) is 0 Å². The number of carbonyl (C=O) groups is 1. The number of furan rings is 1. The Morgan fingerprint density at radius 3 is 2.64 bits per heavy atom. The van der Waals surface area contributed by atoms with E-state index in [1.54, 1.807) is 18.4 Å². The van der Waals surface area contributed by atoms with Crippen LogP contribution in [-0.2, 0) is 0 Å². The van der Waals surface area contributed by atoms with Crippen molar-refractivity contribution in [1.29, 1.82) is 0 Å². The van der Waals surface area contributed by atoms with Crippen LogP contribution in [0.5, 0.6) is 0 Å². The summed E-state index contributed by atoms with van der Waals surface area (Å²) in [6.45, 7) is 0. The number of fused-ring (bicyclic) bond motifs is 3. The van der Waals surface area contributed by atoms with E-state index in [-0.39, 0.29) is 5.78 Å². The van der Waals surface area contributed by atoms with E-state index in [4.69, 9.17) is 16.0 Å². The number of ketones is 1. The lowest BCUT2D eigenvalue weighted by Gasteiger charge is -1.97. The van der Waals surface area contributed by atoms with Crippen molar-refractivity contribution in [3.63, 3.8) is 0 Å². The van der Waals surface area contributed by atoms with Gasteiger partial charge in [0.25, 0.3) is 0 Å². The lowest BCUT2D eigenvalue weighted by molar-refractivity contribution is 0.104. The molecule has 0 atom stereocenters. The standard InChI is InChI=1S/C11H5ClO2/c12-6-1-2-7-8(3-6)11(13)10-5-14-4-9(7)10/h1-5H. The molecular formula is C11H5ClO2. The zero-order valence-electron chi connectivity index (χ0n) is 7.08. The molecule has 1 aliphatic carbocycles. The van der Waals surface area contributed by atoms with E-state index < -0.39 is 0 Å². The van der Waals surface area contributed by atoms with Gasteiger partial charge in [-0.1, -0.05) is 17.7 Å². The second kappa shape index (κ2) is 2.49. The largest absolute Gasteiger partial charge is 0.471 e. The van der Waals surface area contributed by atoms with Crippen LogP contribution in [0.25, 0.3) is 11.1 Å². The van der Waals surface area contributed by atoms with Crippen LogP contribution < -0.4 is 0 Å². The van der Waals surface area contributed by atoms with E-state index in [2.05, 4.69) is 0 Å². The maximum absolute atomic E-state index is 11.8. The summed E-state index contributed by atoms with van der Waals surface area (Å²) in [6, 6.07) is 5.31. The molecule has 1 aromatic carbocycles. The zero-order valence-corrected chi connectivity index (χ0v) is 7.84. The maximum Gasteiger partial charge on any atom is 0.197 e. The van der Waals surface area contributed by atoms with Gasteiger partial charge >= 0.3 is 0 Å². The average Bonchev–Trinajstić information content (AvgIpc) is 2.72. The third-order valence-corrected chi connectivity index (χ3v) is 2.66. The first kappa shape index (κ1) is 7.83. The van der Waals surface area contributed by atoms with Gasteiger partial charge in [-0.3, -0.25) is 4.79 Å². The van der Waals surface area contributed by atoms with Crippen LogP contribution in [0.4, 0.5) is 0 Å². The van der Waals surface area contributed by atoms with Crippen LogP contribution in [0.15, 0.2) is 35.1 Å². The molecule has 0 fully saturated rings. The third-order valence-electron chi connectivity index (χ3n) is 2.42. The van der Waals surface area contributed by atoms with Gasteiger partial charge < -0.3 is 4.42 Å². The van der Waals surface area contributed by atoms with Gasteiger partial charge in [0.05, 0.1) is 11.8 Å². The fourth-order valence-corrected chi connectivity index (χ4v) is 1.94. The Bertz CT molecular complexity index is 540. The average molecular weight is 205 g/mol. The molecule has 1 aromatic heterocycles. The highest BCUT2D eigenvalue weighted by molar-refractivity contribution is 6.32. The monoisotopic (exact) mass is 204 g/mol. The van der Waals surface area contributed by atoms with E-state index in [1.165, 1.54) is 6.26 Å². The first-order valence-corrected chi connectivity index (χ1v) is 4.56. The van der Waals surface area contributed by atoms with Gasteiger partial charge in [-0.2, -0.15) is 0 Å². The molecular weight excluding hydrogens is 200 g/mol. The van der Waals surface area contributed by atoms with Crippen LogP contribution >= 0.6 is 11.6 Å². The molecule has 1 heterocycles. The highest BCUT2D eigenvalue weighted by Gasteiger charge is 2.28. The predicted molar refractivity (Wildman–Crippen MR) is 52.6 cm³/mol. The van der Waals surface area contributed by atoms with Gasteiger partial charge in [-0.05, 0) is 17.7 Å². The van der Waals surface area contributed by atoms with Crippen LogP contribution in [0, 0.1) is 0 Å². The van der Waals surface area contributed by atoms with Gasteiger partial charge in [0, 0.05) is 16.1 Å². The van der Waals surface area contributed by atoms with Gasteiger partial charge in [-0.25, -0.2) is 0 Å². The second-order valence-corrected chi connectivity index (χ2v) is 3.65. The van der Waals surface area contributed by atoms with E-state index in [0.717, 1.165) is 11.1 Å². The fraction of sp³-hybridized carbons (Fsp3) is 0. The Labute approximate surface area is 85.1 Å². The molecule has 2 nitrogen and oxygen atoms in total. The summed E-state index contributed by atoms with van der Waals surface area (Å²) >= 11 is 5.82. The molecule has 0 bridgehead atoms. The van der Waals surface area contributed by atoms with Crippen LogP contribution in [0.3, 0.4) is 0 Å². The molecule has 3 rings (SSSR count). The first-order valence-electron chi connectivity index (χ1n) is 4.18. The van der Waals surface area contributed by atoms with Gasteiger partial charge in [0.15, 0.2) is 5.78 Å². The minimum atomic E-state index is -0.00810. The number of hydrogen-bond donors (Lipinski definition) is 0. The van der Waals surface area contributed by atoms with Crippen LogP contribution in [0.1, 0.15) is 15.9 Å². The number of carbonyl (C=O) groups excluding carboxylic acids is 1. The molecule has 0 radical (unpaired) electrons. The third kappa shape index (κ3) is 0.836. The summed E-state index contributed by atoms with van der Waals surface area (Å²) < 4.78 is 4.99. The highest BCUT2D eigenvalue weighted by atomic mass is 35.5. The Balaban J connectivity index is 2.38. The lowest BCUT2D eigenvalue weighted by Crippen LogP contribution is -1.93. The summed E-state index contributed by atoms with van der Waals surface area (Å²) in [5.74, 6) is -0.00810. The fourth-order valence-electron chi connectivity index (χ4n) is 1.77. The normalized spacial score (nSPS) is 12.8. The molecule has 0 spiro atoms. The minimum Gasteiger partial charge on any atom is -0.471 e. The lowest BCUT2D eigenvalue weighted by atomic mass is 10.1. The molecule has 2 aromatic rings. The first-order chi connectivity index (χ1) is 6.77. The van der Waals surface area contributed by atoms with Crippen molar-refractivity contribution in [1.82, 2.24) is 0 Å². The number of rotatable bonds is 0. The van der Waals surface area contributed by atoms with E-state index in [0.29, 0.717) is 16.1 Å². The second-order valence-electron chi connectivity index (χ2n) is 3.22. The van der Waals surface area contributed by atoms with Crippen molar-refractivity contribution in [3.05, 3.63) is 46.9 Å². The molecule has 0 unspecified atom stereocenters. The SMILES string of the molecule is O=C1c2cc(Cl)ccc2-c2cocc21. The summed E-state index contributed by atoms with van der Waals surface area (Å²) in [5.41, 5.74) is 3.06. The minimum absolute atomic E-state index is 0.00810. The quantitative estimate of drug-likeness (QED) is 0.563. The number of benzene rings is 1.